The van der Waals surface area contributed by atoms with Crippen LogP contribution in [0.15, 0.2) is 12.1 Å². The van der Waals surface area contributed by atoms with Gasteiger partial charge in [0.25, 0.3) is 5.69 Å². The van der Waals surface area contributed by atoms with Crippen molar-refractivity contribution in [3.8, 4) is 0 Å². The van der Waals surface area contributed by atoms with Crippen LogP contribution in [-0.4, -0.2) is 35.1 Å². The molecule has 0 fully saturated rings. The number of carboxylic acids is 1. The van der Waals surface area contributed by atoms with E-state index in [0.717, 1.165) is 6.07 Å². The number of nitro groups is 1. The van der Waals surface area contributed by atoms with E-state index in [1.807, 2.05) is 0 Å². The molecule has 0 aromatic heterocycles. The van der Waals surface area contributed by atoms with Gasteiger partial charge in [-0.2, -0.15) is 0 Å². The van der Waals surface area contributed by atoms with E-state index in [4.69, 9.17) is 9.84 Å². The Bertz CT molecular complexity index is 590. The number of hydrogen-bond acceptors (Lipinski definition) is 6. The number of anilines is 1. The topological polar surface area (TPSA) is 119 Å². The van der Waals surface area contributed by atoms with E-state index in [2.05, 4.69) is 5.32 Å². The van der Waals surface area contributed by atoms with Crippen molar-refractivity contribution in [2.24, 2.45) is 0 Å². The minimum Gasteiger partial charge on any atom is -0.481 e. The van der Waals surface area contributed by atoms with Crippen molar-refractivity contribution in [3.63, 3.8) is 0 Å². The lowest BCUT2D eigenvalue weighted by molar-refractivity contribution is -0.385. The lowest BCUT2D eigenvalue weighted by atomic mass is 10.1. The third kappa shape index (κ3) is 4.69. The molecule has 0 bridgehead atoms. The van der Waals surface area contributed by atoms with Crippen LogP contribution in [0.3, 0.4) is 0 Å². The molecule has 2 N–H and O–H groups in total. The second-order valence-electron chi connectivity index (χ2n) is 4.25. The molecule has 1 aromatic rings. The number of non-ortho nitro benzene ring substituents is 1. The third-order valence-corrected chi connectivity index (χ3v) is 2.65. The third-order valence-electron chi connectivity index (χ3n) is 2.65. The molecule has 120 valence electrons. The van der Waals surface area contributed by atoms with Crippen molar-refractivity contribution in [1.29, 1.82) is 0 Å². The number of ether oxygens (including phenoxy) is 1. The van der Waals surface area contributed by atoms with E-state index in [9.17, 15) is 24.1 Å². The van der Waals surface area contributed by atoms with Gasteiger partial charge in [-0.1, -0.05) is 0 Å². The number of benzene rings is 1. The maximum absolute atomic E-state index is 14.0. The van der Waals surface area contributed by atoms with Crippen LogP contribution in [0.2, 0.25) is 0 Å². The quantitative estimate of drug-likeness (QED) is 0.326. The molecule has 0 amide bonds. The van der Waals surface area contributed by atoms with Crippen molar-refractivity contribution in [2.45, 2.75) is 19.8 Å². The zero-order valence-electron chi connectivity index (χ0n) is 11.8. The molecule has 0 aliphatic heterocycles. The smallest absolute Gasteiger partial charge is 0.340 e. The predicted octanol–water partition coefficient (Wildman–Crippen LogP) is 2.19. The molecule has 0 saturated heterocycles. The van der Waals surface area contributed by atoms with Crippen molar-refractivity contribution >= 4 is 23.3 Å². The maximum atomic E-state index is 14.0. The number of nitrogens with zero attached hydrogens (tertiary/aromatic N) is 1. The molecular weight excluding hydrogens is 299 g/mol. The lowest BCUT2D eigenvalue weighted by Gasteiger charge is -2.12. The highest BCUT2D eigenvalue weighted by Crippen LogP contribution is 2.27. The standard InChI is InChI=1S/C13H15FN2O6/c1-2-22-13(19)9-6-8(16(20)21)7-10(14)12(9)15-5-3-4-11(17)18/h6-7,15H,2-5H2,1H3,(H,17,18). The fraction of sp³-hybridized carbons (Fsp3) is 0.385. The van der Waals surface area contributed by atoms with Gasteiger partial charge in [0.15, 0.2) is 5.82 Å². The number of esters is 1. The zero-order valence-corrected chi connectivity index (χ0v) is 11.8. The number of carbonyl (C=O) groups is 2. The number of carboxylic acid groups (broad SMARTS) is 1. The molecule has 0 spiro atoms. The highest BCUT2D eigenvalue weighted by molar-refractivity contribution is 5.96. The monoisotopic (exact) mass is 314 g/mol. The van der Waals surface area contributed by atoms with Gasteiger partial charge in [-0.25, -0.2) is 9.18 Å². The van der Waals surface area contributed by atoms with Crippen molar-refractivity contribution in [3.05, 3.63) is 33.6 Å². The number of rotatable bonds is 8. The van der Waals surface area contributed by atoms with Crippen molar-refractivity contribution in [1.82, 2.24) is 0 Å². The number of nitrogens with one attached hydrogen (secondary N) is 1. The summed E-state index contributed by atoms with van der Waals surface area (Å²) in [6.45, 7) is 1.67. The van der Waals surface area contributed by atoms with Gasteiger partial charge in [-0.05, 0) is 13.3 Å². The summed E-state index contributed by atoms with van der Waals surface area (Å²) in [7, 11) is 0. The van der Waals surface area contributed by atoms with Crippen LogP contribution in [0.1, 0.15) is 30.1 Å². The summed E-state index contributed by atoms with van der Waals surface area (Å²) < 4.78 is 18.7. The van der Waals surface area contributed by atoms with Crippen LogP contribution in [0.5, 0.6) is 0 Å². The Labute approximate surface area is 125 Å². The molecule has 1 aromatic carbocycles. The Morgan fingerprint density at radius 2 is 2.14 bits per heavy atom. The number of halogens is 1. The molecule has 0 atom stereocenters. The zero-order chi connectivity index (χ0) is 16.7. The van der Waals surface area contributed by atoms with Gasteiger partial charge >= 0.3 is 11.9 Å². The van der Waals surface area contributed by atoms with Gasteiger partial charge in [-0.15, -0.1) is 0 Å². The highest BCUT2D eigenvalue weighted by Gasteiger charge is 2.22. The summed E-state index contributed by atoms with van der Waals surface area (Å²) in [5.41, 5.74) is -1.12. The molecule has 0 aliphatic carbocycles. The van der Waals surface area contributed by atoms with Crippen molar-refractivity contribution in [2.75, 3.05) is 18.5 Å². The number of hydrogen-bond donors (Lipinski definition) is 2. The summed E-state index contributed by atoms with van der Waals surface area (Å²) in [5, 5.41) is 21.8. The van der Waals surface area contributed by atoms with Crippen LogP contribution >= 0.6 is 0 Å². The van der Waals surface area contributed by atoms with E-state index >= 15 is 0 Å². The highest BCUT2D eigenvalue weighted by atomic mass is 19.1. The maximum Gasteiger partial charge on any atom is 0.340 e. The fourth-order valence-electron chi connectivity index (χ4n) is 1.70. The molecule has 8 nitrogen and oxygen atoms in total. The van der Waals surface area contributed by atoms with E-state index in [-0.39, 0.29) is 37.2 Å². The first-order valence-electron chi connectivity index (χ1n) is 6.47. The number of aliphatic carboxylic acids is 1. The Morgan fingerprint density at radius 3 is 2.68 bits per heavy atom. The predicted molar refractivity (Wildman–Crippen MR) is 74.4 cm³/mol. The number of nitro benzene ring substituents is 1. The average molecular weight is 314 g/mol. The Balaban J connectivity index is 3.04. The molecule has 0 saturated carbocycles. The second-order valence-corrected chi connectivity index (χ2v) is 4.25. The molecule has 22 heavy (non-hydrogen) atoms. The van der Waals surface area contributed by atoms with E-state index < -0.39 is 28.4 Å². The van der Waals surface area contributed by atoms with Crippen LogP contribution in [0, 0.1) is 15.9 Å². The lowest BCUT2D eigenvalue weighted by Crippen LogP contribution is -2.13. The molecule has 0 radical (unpaired) electrons. The van der Waals surface area contributed by atoms with Gasteiger partial charge < -0.3 is 15.2 Å². The summed E-state index contributed by atoms with van der Waals surface area (Å²) in [4.78, 5) is 32.1. The molecular formula is C13H15FN2O6. The van der Waals surface area contributed by atoms with Crippen LogP contribution < -0.4 is 5.32 Å². The van der Waals surface area contributed by atoms with Gasteiger partial charge in [-0.3, -0.25) is 14.9 Å². The first kappa shape index (κ1) is 17.3. The summed E-state index contributed by atoms with van der Waals surface area (Å²) in [5.74, 6) is -2.88. The first-order valence-corrected chi connectivity index (χ1v) is 6.47. The molecule has 0 unspecified atom stereocenters. The van der Waals surface area contributed by atoms with Crippen LogP contribution in [0.25, 0.3) is 0 Å². The fourth-order valence-corrected chi connectivity index (χ4v) is 1.70. The normalized spacial score (nSPS) is 10.1. The van der Waals surface area contributed by atoms with Gasteiger partial charge in [0.05, 0.1) is 28.8 Å². The van der Waals surface area contributed by atoms with E-state index in [1.165, 1.54) is 0 Å². The first-order chi connectivity index (χ1) is 10.4. The minimum atomic E-state index is -1.00. The van der Waals surface area contributed by atoms with Gasteiger partial charge in [0, 0.05) is 19.0 Å². The summed E-state index contributed by atoms with van der Waals surface area (Å²) in [6.07, 6.45) is 0.0738. The minimum absolute atomic E-state index is 0.0294. The average Bonchev–Trinajstić information content (AvgIpc) is 2.44. The Morgan fingerprint density at radius 1 is 1.45 bits per heavy atom. The van der Waals surface area contributed by atoms with E-state index in [1.54, 1.807) is 6.92 Å². The molecule has 9 heteroatoms. The van der Waals surface area contributed by atoms with Crippen molar-refractivity contribution < 1.29 is 28.7 Å². The molecule has 0 heterocycles. The summed E-state index contributed by atoms with van der Waals surface area (Å²) >= 11 is 0. The second kappa shape index (κ2) is 7.91. The number of carbonyl (C=O) groups excluding carboxylic acids is 1. The Kier molecular flexibility index (Phi) is 6.24. The van der Waals surface area contributed by atoms with E-state index in [0.29, 0.717) is 6.07 Å². The molecule has 0 aliphatic rings. The van der Waals surface area contributed by atoms with Gasteiger partial charge in [0.2, 0.25) is 0 Å². The SMILES string of the molecule is CCOC(=O)c1cc([N+](=O)[O-])cc(F)c1NCCCC(=O)O. The largest absolute Gasteiger partial charge is 0.481 e. The van der Waals surface area contributed by atoms with Gasteiger partial charge in [0.1, 0.15) is 0 Å². The molecule has 1 rings (SSSR count). The van der Waals surface area contributed by atoms with Crippen LogP contribution in [0.4, 0.5) is 15.8 Å². The summed E-state index contributed by atoms with van der Waals surface area (Å²) in [6, 6.07) is 1.60. The Hall–Kier alpha value is -2.71. The van der Waals surface area contributed by atoms with Crippen LogP contribution in [-0.2, 0) is 9.53 Å².